The van der Waals surface area contributed by atoms with Gasteiger partial charge in [-0.3, -0.25) is 9.48 Å². The van der Waals surface area contributed by atoms with Crippen LogP contribution in [0, 0.1) is 17.7 Å². The van der Waals surface area contributed by atoms with Gasteiger partial charge in [0.1, 0.15) is 11.5 Å². The molecule has 2 aliphatic rings. The summed E-state index contributed by atoms with van der Waals surface area (Å²) in [6.07, 6.45) is -0.238. The van der Waals surface area contributed by atoms with E-state index in [1.807, 2.05) is 0 Å². The smallest absolute Gasteiger partial charge is 0.385 e. The number of fused-ring (bicyclic) bond motifs is 1. The van der Waals surface area contributed by atoms with Crippen molar-refractivity contribution < 1.29 is 27.5 Å². The molecule has 7 nitrogen and oxygen atoms in total. The first-order valence-electron chi connectivity index (χ1n) is 12.0. The monoisotopic (exact) mass is 539 g/mol. The van der Waals surface area contributed by atoms with Crippen molar-refractivity contribution in [3.8, 4) is 0 Å². The van der Waals surface area contributed by atoms with Gasteiger partial charge in [0.15, 0.2) is 5.69 Å². The molecule has 2 aromatic heterocycles. The van der Waals surface area contributed by atoms with Gasteiger partial charge in [-0.05, 0) is 62.6 Å². The summed E-state index contributed by atoms with van der Waals surface area (Å²) < 4.78 is 57.3. The number of benzene rings is 1. The van der Waals surface area contributed by atoms with Crippen molar-refractivity contribution in [3.05, 3.63) is 64.2 Å². The number of imidazole rings is 1. The summed E-state index contributed by atoms with van der Waals surface area (Å²) in [6, 6.07) is 3.89. The number of aromatic nitrogens is 4. The third kappa shape index (κ3) is 4.63. The van der Waals surface area contributed by atoms with Crippen LogP contribution in [0.4, 0.5) is 23.2 Å². The number of rotatable bonds is 5. The number of hydrogen-bond donors (Lipinski definition) is 2. The number of halogens is 5. The Morgan fingerprint density at radius 3 is 2.54 bits per heavy atom. The summed E-state index contributed by atoms with van der Waals surface area (Å²) in [4.78, 5) is 17.6. The van der Waals surface area contributed by atoms with Gasteiger partial charge in [0.25, 0.3) is 5.91 Å². The molecule has 2 N–H and O–H groups in total. The van der Waals surface area contributed by atoms with Crippen LogP contribution in [-0.4, -0.2) is 30.3 Å². The second-order valence-corrected chi connectivity index (χ2v) is 10.5. The molecule has 3 aromatic rings. The Labute approximate surface area is 215 Å². The maximum absolute atomic E-state index is 13.7. The van der Waals surface area contributed by atoms with Crippen LogP contribution >= 0.6 is 11.6 Å². The Morgan fingerprint density at radius 2 is 1.95 bits per heavy atom. The highest BCUT2D eigenvalue weighted by molar-refractivity contribution is 6.31. The maximum Gasteiger partial charge on any atom is 0.435 e. The summed E-state index contributed by atoms with van der Waals surface area (Å²) in [5.74, 6) is -1.14. The van der Waals surface area contributed by atoms with Gasteiger partial charge < -0.3 is 15.0 Å². The summed E-state index contributed by atoms with van der Waals surface area (Å²) in [5, 5.41) is 17.6. The van der Waals surface area contributed by atoms with Crippen LogP contribution in [0.15, 0.2) is 30.7 Å². The Bertz CT molecular complexity index is 1340. The average Bonchev–Trinajstić information content (AvgIpc) is 3.57. The van der Waals surface area contributed by atoms with Gasteiger partial charge >= 0.3 is 6.18 Å². The molecule has 198 valence electrons. The number of aryl methyl sites for hydroxylation is 2. The van der Waals surface area contributed by atoms with Gasteiger partial charge in [-0.2, -0.15) is 18.3 Å². The molecule has 2 heterocycles. The van der Waals surface area contributed by atoms with E-state index in [1.165, 1.54) is 23.0 Å². The summed E-state index contributed by atoms with van der Waals surface area (Å²) in [6.45, 7) is 1.96. The van der Waals surface area contributed by atoms with Crippen molar-refractivity contribution in [2.24, 2.45) is 18.9 Å². The number of carbonyl (C=O) groups is 1. The highest BCUT2D eigenvalue weighted by Gasteiger charge is 2.54. The molecule has 37 heavy (non-hydrogen) atoms. The minimum Gasteiger partial charge on any atom is -0.385 e. The molecular weight excluding hydrogens is 514 g/mol. The fourth-order valence-electron chi connectivity index (χ4n) is 6.03. The number of aliphatic hydroxyl groups is 1. The molecule has 2 unspecified atom stereocenters. The molecule has 1 aromatic carbocycles. The van der Waals surface area contributed by atoms with Crippen molar-refractivity contribution in [2.75, 3.05) is 5.32 Å². The molecule has 1 amide bonds. The van der Waals surface area contributed by atoms with Gasteiger partial charge in [0.05, 0.1) is 22.6 Å². The van der Waals surface area contributed by atoms with Crippen LogP contribution in [0.25, 0.3) is 0 Å². The van der Waals surface area contributed by atoms with Crippen LogP contribution in [0.2, 0.25) is 5.02 Å². The molecule has 2 saturated carbocycles. The molecule has 0 aliphatic heterocycles. The number of carbonyl (C=O) groups excluding carboxylic acids is 1. The second kappa shape index (κ2) is 9.13. The minimum absolute atomic E-state index is 0.0186. The number of anilines is 1. The number of hydrogen-bond acceptors (Lipinski definition) is 4. The standard InChI is InChI=1S/C25H26ClF4N5O2/c1-3-35-11-17(22(33-35)25(28,29)30)24(37)9-14-6-13(7-15(14)10-24)20-21(34(2)12-31-20)23(36)32-16-4-5-19(27)18(26)8-16/h4-5,8,11-15,37H,3,6-7,9-10H2,1-2H3,(H,32,36). The fraction of sp³-hybridized carbons (Fsp3) is 0.480. The Balaban J connectivity index is 1.34. The Morgan fingerprint density at radius 1 is 1.27 bits per heavy atom. The highest BCUT2D eigenvalue weighted by atomic mass is 35.5. The van der Waals surface area contributed by atoms with E-state index in [9.17, 15) is 27.5 Å². The van der Waals surface area contributed by atoms with E-state index in [-0.39, 0.29) is 47.7 Å². The lowest BCUT2D eigenvalue weighted by Gasteiger charge is -2.25. The molecule has 0 saturated heterocycles. The quantitative estimate of drug-likeness (QED) is 0.420. The number of alkyl halides is 3. The SMILES string of the molecule is CCn1cc(C2(O)CC3CC(c4ncn(C)c4C(=O)Nc4ccc(F)c(Cl)c4)CC3C2)c(C(F)(F)F)n1. The van der Waals surface area contributed by atoms with Crippen molar-refractivity contribution in [1.29, 1.82) is 0 Å². The zero-order chi connectivity index (χ0) is 26.7. The van der Waals surface area contributed by atoms with Crippen LogP contribution < -0.4 is 5.32 Å². The largest absolute Gasteiger partial charge is 0.435 e. The second-order valence-electron chi connectivity index (χ2n) is 10.0. The minimum atomic E-state index is -4.66. The summed E-state index contributed by atoms with van der Waals surface area (Å²) in [7, 11) is 1.70. The predicted octanol–water partition coefficient (Wildman–Crippen LogP) is 5.49. The Hall–Kier alpha value is -2.92. The van der Waals surface area contributed by atoms with Crippen LogP contribution in [-0.2, 0) is 25.4 Å². The van der Waals surface area contributed by atoms with E-state index in [0.29, 0.717) is 29.9 Å². The van der Waals surface area contributed by atoms with E-state index >= 15 is 0 Å². The zero-order valence-electron chi connectivity index (χ0n) is 20.2. The molecule has 2 aliphatic carbocycles. The summed E-state index contributed by atoms with van der Waals surface area (Å²) >= 11 is 5.82. The molecule has 0 radical (unpaired) electrons. The fourth-order valence-corrected chi connectivity index (χ4v) is 6.21. The van der Waals surface area contributed by atoms with Gasteiger partial charge in [-0.25, -0.2) is 9.37 Å². The van der Waals surface area contributed by atoms with E-state index in [1.54, 1.807) is 24.9 Å². The lowest BCUT2D eigenvalue weighted by molar-refractivity contribution is -0.144. The van der Waals surface area contributed by atoms with Gasteiger partial charge in [0, 0.05) is 37.0 Å². The van der Waals surface area contributed by atoms with E-state index in [4.69, 9.17) is 11.6 Å². The first-order chi connectivity index (χ1) is 17.4. The average molecular weight is 540 g/mol. The zero-order valence-corrected chi connectivity index (χ0v) is 20.9. The molecule has 5 rings (SSSR count). The number of nitrogens with one attached hydrogen (secondary N) is 1. The maximum atomic E-state index is 13.7. The van der Waals surface area contributed by atoms with E-state index < -0.39 is 29.2 Å². The molecule has 12 heteroatoms. The molecule has 0 spiro atoms. The van der Waals surface area contributed by atoms with Crippen LogP contribution in [0.5, 0.6) is 0 Å². The van der Waals surface area contributed by atoms with E-state index in [0.717, 1.165) is 6.07 Å². The normalized spacial score (nSPS) is 25.5. The van der Waals surface area contributed by atoms with E-state index in [2.05, 4.69) is 15.4 Å². The molecule has 2 fully saturated rings. The molecule has 2 atom stereocenters. The third-order valence-corrected chi connectivity index (χ3v) is 7.93. The van der Waals surface area contributed by atoms with Gasteiger partial charge in [0.2, 0.25) is 0 Å². The topological polar surface area (TPSA) is 85.0 Å². The first kappa shape index (κ1) is 25.7. The van der Waals surface area contributed by atoms with Crippen molar-refractivity contribution in [2.45, 2.75) is 56.8 Å². The predicted molar refractivity (Wildman–Crippen MR) is 128 cm³/mol. The first-order valence-corrected chi connectivity index (χ1v) is 12.4. The molecule has 0 bridgehead atoms. The summed E-state index contributed by atoms with van der Waals surface area (Å²) in [5.41, 5.74) is -1.51. The van der Waals surface area contributed by atoms with Crippen LogP contribution in [0.3, 0.4) is 0 Å². The molecular formula is C25H26ClF4N5O2. The Kier molecular flexibility index (Phi) is 6.34. The highest BCUT2D eigenvalue weighted by Crippen LogP contribution is 2.57. The number of nitrogens with zero attached hydrogens (tertiary/aromatic N) is 4. The van der Waals surface area contributed by atoms with Gasteiger partial charge in [-0.1, -0.05) is 11.6 Å². The number of amides is 1. The van der Waals surface area contributed by atoms with Crippen LogP contribution in [0.1, 0.15) is 66.0 Å². The van der Waals surface area contributed by atoms with Crippen molar-refractivity contribution in [1.82, 2.24) is 19.3 Å². The third-order valence-electron chi connectivity index (χ3n) is 7.64. The van der Waals surface area contributed by atoms with Gasteiger partial charge in [-0.15, -0.1) is 0 Å². The van der Waals surface area contributed by atoms with Crippen molar-refractivity contribution in [3.63, 3.8) is 0 Å². The lowest BCUT2D eigenvalue weighted by Crippen LogP contribution is -2.26. The van der Waals surface area contributed by atoms with Crippen molar-refractivity contribution >= 4 is 23.2 Å². The lowest BCUT2D eigenvalue weighted by atomic mass is 9.87.